The van der Waals surface area contributed by atoms with Crippen molar-refractivity contribution < 1.29 is 14.7 Å². The van der Waals surface area contributed by atoms with Crippen LogP contribution in [-0.2, 0) is 0 Å². The normalized spacial score (nSPS) is 10.2. The Morgan fingerprint density at radius 3 is 2.76 bits per heavy atom. The molecule has 6 heteroatoms. The van der Waals surface area contributed by atoms with Gasteiger partial charge in [0, 0.05) is 6.20 Å². The molecule has 2 aromatic heterocycles. The summed E-state index contributed by atoms with van der Waals surface area (Å²) < 4.78 is 0. The molecule has 0 saturated heterocycles. The van der Waals surface area contributed by atoms with Gasteiger partial charge in [0.05, 0.1) is 10.4 Å². The minimum absolute atomic E-state index is 0.0190. The molecule has 2 aromatic rings. The molecule has 5 nitrogen and oxygen atoms in total. The van der Waals surface area contributed by atoms with Crippen molar-refractivity contribution >= 4 is 23.1 Å². The van der Waals surface area contributed by atoms with E-state index in [9.17, 15) is 9.59 Å². The van der Waals surface area contributed by atoms with Gasteiger partial charge in [-0.25, -0.2) is 14.8 Å². The summed E-state index contributed by atoms with van der Waals surface area (Å²) in [5.74, 6) is -1.27. The number of nitrogens with zero attached hydrogens (tertiary/aromatic N) is 2. The number of aryl methyl sites for hydroxylation is 1. The number of carbonyl (C=O) groups is 2. The van der Waals surface area contributed by atoms with Gasteiger partial charge in [-0.2, -0.15) is 0 Å². The lowest BCUT2D eigenvalue weighted by Gasteiger charge is -2.03. The third kappa shape index (κ3) is 2.21. The fourth-order valence-electron chi connectivity index (χ4n) is 1.34. The van der Waals surface area contributed by atoms with Crippen molar-refractivity contribution in [1.29, 1.82) is 0 Å². The SMILES string of the molecule is Cc1ncc(C(=O)c2cccs2)c(C(=O)O)n1. The summed E-state index contributed by atoms with van der Waals surface area (Å²) in [6.45, 7) is 1.58. The van der Waals surface area contributed by atoms with E-state index in [4.69, 9.17) is 5.11 Å². The molecule has 0 amide bonds. The quantitative estimate of drug-likeness (QED) is 0.837. The smallest absolute Gasteiger partial charge is 0.355 e. The Hall–Kier alpha value is -2.08. The van der Waals surface area contributed by atoms with E-state index in [1.165, 1.54) is 17.5 Å². The van der Waals surface area contributed by atoms with E-state index in [-0.39, 0.29) is 17.0 Å². The number of carbonyl (C=O) groups excluding carboxylic acids is 1. The molecule has 0 unspecified atom stereocenters. The Bertz CT molecular complexity index is 578. The van der Waals surface area contributed by atoms with E-state index >= 15 is 0 Å². The molecule has 0 aromatic carbocycles. The molecule has 1 N–H and O–H groups in total. The standard InChI is InChI=1S/C11H8N2O3S/c1-6-12-5-7(9(13-6)11(15)16)10(14)8-3-2-4-17-8/h2-5H,1H3,(H,15,16). The van der Waals surface area contributed by atoms with Gasteiger partial charge in [-0.3, -0.25) is 4.79 Å². The average molecular weight is 248 g/mol. The molecule has 2 heterocycles. The van der Waals surface area contributed by atoms with E-state index in [1.807, 2.05) is 0 Å². The first-order valence-corrected chi connectivity index (χ1v) is 5.62. The molecule has 0 fully saturated rings. The molecular weight excluding hydrogens is 240 g/mol. The predicted molar refractivity (Wildman–Crippen MR) is 61.5 cm³/mol. The van der Waals surface area contributed by atoms with E-state index in [2.05, 4.69) is 9.97 Å². The third-order valence-corrected chi connectivity index (χ3v) is 2.97. The van der Waals surface area contributed by atoms with Gasteiger partial charge in [0.15, 0.2) is 5.69 Å². The second kappa shape index (κ2) is 4.42. The fourth-order valence-corrected chi connectivity index (χ4v) is 2.02. The van der Waals surface area contributed by atoms with E-state index in [0.717, 1.165) is 0 Å². The van der Waals surface area contributed by atoms with Crippen molar-refractivity contribution in [2.45, 2.75) is 6.92 Å². The minimum atomic E-state index is -1.23. The first kappa shape index (κ1) is 11.4. The summed E-state index contributed by atoms with van der Waals surface area (Å²) in [6, 6.07) is 3.37. The van der Waals surface area contributed by atoms with Gasteiger partial charge in [-0.05, 0) is 18.4 Å². The maximum atomic E-state index is 12.0. The molecule has 0 aliphatic rings. The lowest BCUT2D eigenvalue weighted by molar-refractivity contribution is 0.0685. The predicted octanol–water partition coefficient (Wildman–Crippen LogP) is 1.78. The van der Waals surface area contributed by atoms with Crippen LogP contribution in [0.2, 0.25) is 0 Å². The van der Waals surface area contributed by atoms with Crippen LogP contribution in [0.3, 0.4) is 0 Å². The van der Waals surface area contributed by atoms with Crippen molar-refractivity contribution in [3.63, 3.8) is 0 Å². The monoisotopic (exact) mass is 248 g/mol. The van der Waals surface area contributed by atoms with Crippen LogP contribution in [0, 0.1) is 6.92 Å². The Kier molecular flexibility index (Phi) is 2.97. The summed E-state index contributed by atoms with van der Waals surface area (Å²) in [4.78, 5) is 31.1. The van der Waals surface area contributed by atoms with Crippen LogP contribution in [-0.4, -0.2) is 26.8 Å². The van der Waals surface area contributed by atoms with Crippen LogP contribution in [0.4, 0.5) is 0 Å². The zero-order valence-corrected chi connectivity index (χ0v) is 9.69. The molecule has 0 radical (unpaired) electrons. The molecule has 0 aliphatic heterocycles. The van der Waals surface area contributed by atoms with Crippen molar-refractivity contribution in [1.82, 2.24) is 9.97 Å². The van der Waals surface area contributed by atoms with Gasteiger partial charge in [0.1, 0.15) is 5.82 Å². The first-order valence-electron chi connectivity index (χ1n) is 4.74. The molecule has 0 saturated carbocycles. The van der Waals surface area contributed by atoms with Crippen molar-refractivity contribution in [2.75, 3.05) is 0 Å². The van der Waals surface area contributed by atoms with Crippen LogP contribution in [0.1, 0.15) is 31.5 Å². The number of thiophene rings is 1. The number of rotatable bonds is 3. The number of aromatic nitrogens is 2. The Morgan fingerprint density at radius 1 is 1.41 bits per heavy atom. The van der Waals surface area contributed by atoms with Crippen LogP contribution in [0.15, 0.2) is 23.7 Å². The van der Waals surface area contributed by atoms with Crippen LogP contribution < -0.4 is 0 Å². The summed E-state index contributed by atoms with van der Waals surface area (Å²) in [5, 5.41) is 10.8. The molecule has 2 rings (SSSR count). The first-order chi connectivity index (χ1) is 8.09. The molecule has 0 bridgehead atoms. The van der Waals surface area contributed by atoms with E-state index < -0.39 is 5.97 Å². The second-order valence-corrected chi connectivity index (χ2v) is 4.24. The highest BCUT2D eigenvalue weighted by molar-refractivity contribution is 7.12. The zero-order valence-electron chi connectivity index (χ0n) is 8.88. The molecule has 0 spiro atoms. The second-order valence-electron chi connectivity index (χ2n) is 3.29. The van der Waals surface area contributed by atoms with Crippen LogP contribution >= 0.6 is 11.3 Å². The van der Waals surface area contributed by atoms with Gasteiger partial charge in [0.25, 0.3) is 0 Å². The maximum Gasteiger partial charge on any atom is 0.355 e. The van der Waals surface area contributed by atoms with Gasteiger partial charge < -0.3 is 5.11 Å². The van der Waals surface area contributed by atoms with Gasteiger partial charge >= 0.3 is 5.97 Å². The number of carboxylic acids is 1. The topological polar surface area (TPSA) is 80.2 Å². The Balaban J connectivity index is 2.52. The summed E-state index contributed by atoms with van der Waals surface area (Å²) in [6.07, 6.45) is 1.26. The largest absolute Gasteiger partial charge is 0.476 e. The fraction of sp³-hybridized carbons (Fsp3) is 0.0909. The maximum absolute atomic E-state index is 12.0. The van der Waals surface area contributed by atoms with E-state index in [0.29, 0.717) is 10.7 Å². The lowest BCUT2D eigenvalue weighted by atomic mass is 10.1. The number of ketones is 1. The molecule has 0 aliphatic carbocycles. The lowest BCUT2D eigenvalue weighted by Crippen LogP contribution is -2.13. The summed E-state index contributed by atoms with van der Waals surface area (Å²) in [5.41, 5.74) is -0.235. The minimum Gasteiger partial charge on any atom is -0.476 e. The molecular formula is C11H8N2O3S. The van der Waals surface area contributed by atoms with Gasteiger partial charge in [0.2, 0.25) is 5.78 Å². The zero-order chi connectivity index (χ0) is 12.4. The molecule has 86 valence electrons. The summed E-state index contributed by atoms with van der Waals surface area (Å²) >= 11 is 1.25. The molecule has 17 heavy (non-hydrogen) atoms. The number of hydrogen-bond donors (Lipinski definition) is 1. The van der Waals surface area contributed by atoms with E-state index in [1.54, 1.807) is 24.4 Å². The highest BCUT2D eigenvalue weighted by atomic mass is 32.1. The number of hydrogen-bond acceptors (Lipinski definition) is 5. The Labute approximate surface area is 101 Å². The van der Waals surface area contributed by atoms with Crippen molar-refractivity contribution in [3.8, 4) is 0 Å². The third-order valence-electron chi connectivity index (χ3n) is 2.10. The summed E-state index contributed by atoms with van der Waals surface area (Å²) in [7, 11) is 0. The van der Waals surface area contributed by atoms with Crippen molar-refractivity contribution in [3.05, 3.63) is 45.7 Å². The Morgan fingerprint density at radius 2 is 2.18 bits per heavy atom. The van der Waals surface area contributed by atoms with Crippen LogP contribution in [0.25, 0.3) is 0 Å². The highest BCUT2D eigenvalue weighted by Gasteiger charge is 2.20. The van der Waals surface area contributed by atoms with Gasteiger partial charge in [-0.15, -0.1) is 11.3 Å². The number of carboxylic acid groups (broad SMARTS) is 1. The van der Waals surface area contributed by atoms with Gasteiger partial charge in [-0.1, -0.05) is 6.07 Å². The highest BCUT2D eigenvalue weighted by Crippen LogP contribution is 2.16. The van der Waals surface area contributed by atoms with Crippen molar-refractivity contribution in [2.24, 2.45) is 0 Å². The average Bonchev–Trinajstić information content (AvgIpc) is 2.81. The van der Waals surface area contributed by atoms with Crippen LogP contribution in [0.5, 0.6) is 0 Å². The molecule has 0 atom stereocenters. The number of aromatic carboxylic acids is 1.